The smallest absolute Gasteiger partial charge is 0.187 e. The lowest BCUT2D eigenvalue weighted by Crippen LogP contribution is -2.28. The maximum absolute atomic E-state index is 5.49. The summed E-state index contributed by atoms with van der Waals surface area (Å²) in [6.45, 7) is 4.50. The van der Waals surface area contributed by atoms with Crippen molar-refractivity contribution in [3.63, 3.8) is 0 Å². The Morgan fingerprint density at radius 2 is 2.00 bits per heavy atom. The SMILES string of the molecule is CO[Si](C)(C)CCSc1ccncc1. The Hall–Kier alpha value is -0.323. The Morgan fingerprint density at radius 1 is 1.36 bits per heavy atom. The van der Waals surface area contributed by atoms with Crippen molar-refractivity contribution in [1.82, 2.24) is 4.98 Å². The molecule has 0 saturated carbocycles. The highest BCUT2D eigenvalue weighted by Gasteiger charge is 2.19. The van der Waals surface area contributed by atoms with Crippen molar-refractivity contribution < 1.29 is 4.43 Å². The van der Waals surface area contributed by atoms with Crippen LogP contribution in [0.1, 0.15) is 0 Å². The van der Waals surface area contributed by atoms with Crippen molar-refractivity contribution >= 4 is 20.1 Å². The third-order valence-electron chi connectivity index (χ3n) is 2.18. The van der Waals surface area contributed by atoms with Crippen LogP contribution in [0, 0.1) is 0 Å². The summed E-state index contributed by atoms with van der Waals surface area (Å²) in [4.78, 5) is 5.28. The summed E-state index contributed by atoms with van der Waals surface area (Å²) in [6.07, 6.45) is 3.67. The van der Waals surface area contributed by atoms with Gasteiger partial charge in [-0.15, -0.1) is 11.8 Å². The molecule has 4 heteroatoms. The molecule has 14 heavy (non-hydrogen) atoms. The zero-order chi connectivity index (χ0) is 10.4. The Bertz CT molecular complexity index is 266. The average Bonchev–Trinajstić information content (AvgIpc) is 2.19. The molecule has 0 saturated heterocycles. The summed E-state index contributed by atoms with van der Waals surface area (Å²) in [5, 5.41) is 0. The minimum absolute atomic E-state index is 1.14. The predicted octanol–water partition coefficient (Wildman–Crippen LogP) is 3.03. The molecule has 0 bridgehead atoms. The molecule has 0 atom stereocenters. The number of nitrogens with zero attached hydrogens (tertiary/aromatic N) is 1. The first-order valence-electron chi connectivity index (χ1n) is 4.72. The van der Waals surface area contributed by atoms with Crippen LogP contribution >= 0.6 is 11.8 Å². The summed E-state index contributed by atoms with van der Waals surface area (Å²) in [7, 11) is 0.455. The first kappa shape index (κ1) is 11.7. The molecule has 0 radical (unpaired) electrons. The van der Waals surface area contributed by atoms with Gasteiger partial charge in [-0.05, 0) is 37.0 Å². The minimum atomic E-state index is -1.37. The van der Waals surface area contributed by atoms with Gasteiger partial charge >= 0.3 is 0 Å². The van der Waals surface area contributed by atoms with E-state index < -0.39 is 8.32 Å². The van der Waals surface area contributed by atoms with Gasteiger partial charge in [-0.3, -0.25) is 4.98 Å². The van der Waals surface area contributed by atoms with Gasteiger partial charge in [0.15, 0.2) is 8.32 Å². The Kier molecular flexibility index (Phi) is 4.64. The van der Waals surface area contributed by atoms with Crippen molar-refractivity contribution in [2.75, 3.05) is 12.9 Å². The molecule has 0 unspecified atom stereocenters. The monoisotopic (exact) mass is 227 g/mol. The van der Waals surface area contributed by atoms with E-state index in [0.717, 1.165) is 5.75 Å². The van der Waals surface area contributed by atoms with Gasteiger partial charge in [0.05, 0.1) is 0 Å². The maximum Gasteiger partial charge on any atom is 0.187 e. The minimum Gasteiger partial charge on any atom is -0.420 e. The van der Waals surface area contributed by atoms with Gasteiger partial charge in [0, 0.05) is 24.4 Å². The number of aromatic nitrogens is 1. The number of thioether (sulfide) groups is 1. The van der Waals surface area contributed by atoms with Gasteiger partial charge in [0.2, 0.25) is 0 Å². The lowest BCUT2D eigenvalue weighted by Gasteiger charge is -2.19. The predicted molar refractivity (Wildman–Crippen MR) is 64.3 cm³/mol. The van der Waals surface area contributed by atoms with Crippen molar-refractivity contribution in [2.45, 2.75) is 24.0 Å². The van der Waals surface area contributed by atoms with Crippen LogP contribution in [0.3, 0.4) is 0 Å². The van der Waals surface area contributed by atoms with Gasteiger partial charge in [0.1, 0.15) is 0 Å². The molecule has 0 aromatic carbocycles. The normalized spacial score (nSPS) is 11.6. The van der Waals surface area contributed by atoms with E-state index in [-0.39, 0.29) is 0 Å². The molecule has 0 aliphatic rings. The van der Waals surface area contributed by atoms with Crippen molar-refractivity contribution in [1.29, 1.82) is 0 Å². The fourth-order valence-electron chi connectivity index (χ4n) is 0.951. The highest BCUT2D eigenvalue weighted by molar-refractivity contribution is 7.99. The van der Waals surface area contributed by atoms with Gasteiger partial charge in [-0.25, -0.2) is 0 Å². The summed E-state index contributed by atoms with van der Waals surface area (Å²) >= 11 is 1.88. The zero-order valence-electron chi connectivity index (χ0n) is 8.99. The molecule has 1 rings (SSSR count). The summed E-state index contributed by atoms with van der Waals surface area (Å²) in [5.74, 6) is 1.14. The number of rotatable bonds is 5. The van der Waals surface area contributed by atoms with E-state index in [1.807, 2.05) is 43.4 Å². The Balaban J connectivity index is 2.29. The lowest BCUT2D eigenvalue weighted by atomic mass is 10.5. The molecule has 0 spiro atoms. The van der Waals surface area contributed by atoms with E-state index in [1.54, 1.807) is 0 Å². The van der Waals surface area contributed by atoms with Crippen LogP contribution in [-0.4, -0.2) is 26.2 Å². The molecule has 0 amide bonds. The molecule has 0 aliphatic carbocycles. The van der Waals surface area contributed by atoms with Gasteiger partial charge in [-0.2, -0.15) is 0 Å². The second-order valence-electron chi connectivity index (χ2n) is 3.75. The molecule has 2 nitrogen and oxygen atoms in total. The highest BCUT2D eigenvalue weighted by atomic mass is 32.2. The van der Waals surface area contributed by atoms with Crippen LogP contribution in [0.5, 0.6) is 0 Å². The first-order valence-corrected chi connectivity index (χ1v) is 8.82. The number of hydrogen-bond acceptors (Lipinski definition) is 3. The largest absolute Gasteiger partial charge is 0.420 e. The van der Waals surface area contributed by atoms with Gasteiger partial charge < -0.3 is 4.43 Å². The third-order valence-corrected chi connectivity index (χ3v) is 6.11. The Morgan fingerprint density at radius 3 is 2.57 bits per heavy atom. The second kappa shape index (κ2) is 5.53. The first-order chi connectivity index (χ1) is 6.64. The molecular weight excluding hydrogens is 210 g/mol. The fourth-order valence-corrected chi connectivity index (χ4v) is 4.08. The summed E-state index contributed by atoms with van der Waals surface area (Å²) < 4.78 is 5.49. The molecule has 1 aromatic rings. The average molecular weight is 227 g/mol. The molecule has 0 N–H and O–H groups in total. The van der Waals surface area contributed by atoms with E-state index in [0.29, 0.717) is 0 Å². The Labute approximate surface area is 91.2 Å². The quantitative estimate of drug-likeness (QED) is 0.570. The molecule has 0 aliphatic heterocycles. The molecule has 78 valence electrons. The number of hydrogen-bond donors (Lipinski definition) is 0. The summed E-state index contributed by atoms with van der Waals surface area (Å²) in [6, 6.07) is 5.29. The van der Waals surface area contributed by atoms with Crippen molar-refractivity contribution in [2.24, 2.45) is 0 Å². The maximum atomic E-state index is 5.49. The van der Waals surface area contributed by atoms with Crippen LogP contribution in [0.25, 0.3) is 0 Å². The highest BCUT2D eigenvalue weighted by Crippen LogP contribution is 2.21. The van der Waals surface area contributed by atoms with Gasteiger partial charge in [0.25, 0.3) is 0 Å². The lowest BCUT2D eigenvalue weighted by molar-refractivity contribution is 0.405. The summed E-state index contributed by atoms with van der Waals surface area (Å²) in [5.41, 5.74) is 0. The topological polar surface area (TPSA) is 22.1 Å². The van der Waals surface area contributed by atoms with Crippen LogP contribution in [0.2, 0.25) is 19.1 Å². The number of pyridine rings is 1. The van der Waals surface area contributed by atoms with E-state index in [1.165, 1.54) is 10.9 Å². The zero-order valence-corrected chi connectivity index (χ0v) is 10.8. The fraction of sp³-hybridized carbons (Fsp3) is 0.500. The molecule has 1 aromatic heterocycles. The molecular formula is C10H17NOSSi. The van der Waals surface area contributed by atoms with Crippen LogP contribution in [-0.2, 0) is 4.43 Å². The van der Waals surface area contributed by atoms with E-state index in [9.17, 15) is 0 Å². The van der Waals surface area contributed by atoms with Crippen molar-refractivity contribution in [3.8, 4) is 0 Å². The second-order valence-corrected chi connectivity index (χ2v) is 9.34. The molecule has 1 heterocycles. The standard InChI is InChI=1S/C10H17NOSSi/c1-12-14(2,3)9-8-13-10-4-6-11-7-5-10/h4-7H,8-9H2,1-3H3. The third kappa shape index (κ3) is 4.26. The van der Waals surface area contributed by atoms with Gasteiger partial charge in [-0.1, -0.05) is 0 Å². The van der Waals surface area contributed by atoms with Crippen molar-refractivity contribution in [3.05, 3.63) is 24.5 Å². The van der Waals surface area contributed by atoms with Crippen LogP contribution < -0.4 is 0 Å². The van der Waals surface area contributed by atoms with E-state index in [4.69, 9.17) is 4.43 Å². The van der Waals surface area contributed by atoms with Crippen LogP contribution in [0.15, 0.2) is 29.4 Å². The van der Waals surface area contributed by atoms with Crippen LogP contribution in [0.4, 0.5) is 0 Å². The molecule has 0 fully saturated rings. The van der Waals surface area contributed by atoms with E-state index >= 15 is 0 Å². The van der Waals surface area contributed by atoms with E-state index in [2.05, 4.69) is 18.1 Å².